The van der Waals surface area contributed by atoms with E-state index in [4.69, 9.17) is 0 Å². The molecule has 0 amide bonds. The Morgan fingerprint density at radius 3 is 2.79 bits per heavy atom. The first kappa shape index (κ1) is 13.5. The lowest BCUT2D eigenvalue weighted by Crippen LogP contribution is -2.17. The number of aliphatic carboxylic acids is 1. The number of nitrogens with zero attached hydrogens (tertiary/aromatic N) is 1. The van der Waals surface area contributed by atoms with Gasteiger partial charge in [-0.25, -0.2) is 0 Å². The Balaban J connectivity index is 2.16. The molecule has 1 unspecified atom stereocenters. The Morgan fingerprint density at radius 2 is 2.05 bits per heavy atom. The van der Waals surface area contributed by atoms with Crippen LogP contribution in [0.15, 0.2) is 36.4 Å². The van der Waals surface area contributed by atoms with Crippen LogP contribution in [0, 0.1) is 5.92 Å². The fourth-order valence-electron chi connectivity index (χ4n) is 2.24. The molecule has 19 heavy (non-hydrogen) atoms. The van der Waals surface area contributed by atoms with Gasteiger partial charge in [-0.1, -0.05) is 44.0 Å². The lowest BCUT2D eigenvalue weighted by atomic mass is 9.96. The van der Waals surface area contributed by atoms with Crippen molar-refractivity contribution in [3.63, 3.8) is 0 Å². The third-order valence-corrected chi connectivity index (χ3v) is 3.37. The lowest BCUT2D eigenvalue weighted by Gasteiger charge is -2.11. The summed E-state index contributed by atoms with van der Waals surface area (Å²) in [5, 5.41) is 10.3. The highest BCUT2D eigenvalue weighted by atomic mass is 16.4. The first-order chi connectivity index (χ1) is 9.20. The summed E-state index contributed by atoms with van der Waals surface area (Å²) in [5.41, 5.74) is 1.79. The van der Waals surface area contributed by atoms with Crippen LogP contribution >= 0.6 is 0 Å². The van der Waals surface area contributed by atoms with Crippen LogP contribution in [0.5, 0.6) is 0 Å². The van der Waals surface area contributed by atoms with Crippen molar-refractivity contribution in [3.05, 3.63) is 42.1 Å². The molecule has 1 N–H and O–H groups in total. The highest BCUT2D eigenvalue weighted by Crippen LogP contribution is 2.17. The van der Waals surface area contributed by atoms with E-state index in [0.717, 1.165) is 35.9 Å². The minimum absolute atomic E-state index is 0.325. The van der Waals surface area contributed by atoms with Crippen molar-refractivity contribution >= 4 is 16.9 Å². The number of carboxylic acid groups (broad SMARTS) is 1. The van der Waals surface area contributed by atoms with E-state index in [0.29, 0.717) is 6.42 Å². The Labute approximate surface area is 113 Å². The minimum atomic E-state index is -0.719. The van der Waals surface area contributed by atoms with Gasteiger partial charge in [-0.15, -0.1) is 0 Å². The second kappa shape index (κ2) is 6.32. The first-order valence-electron chi connectivity index (χ1n) is 6.78. The summed E-state index contributed by atoms with van der Waals surface area (Å²) in [6, 6.07) is 11.8. The van der Waals surface area contributed by atoms with Crippen LogP contribution in [-0.4, -0.2) is 16.1 Å². The fourth-order valence-corrected chi connectivity index (χ4v) is 2.24. The van der Waals surface area contributed by atoms with Crippen LogP contribution in [0.2, 0.25) is 0 Å². The van der Waals surface area contributed by atoms with Crippen molar-refractivity contribution in [2.75, 3.05) is 0 Å². The maximum atomic E-state index is 11.2. The molecule has 0 spiro atoms. The van der Waals surface area contributed by atoms with E-state index in [9.17, 15) is 9.90 Å². The Hall–Kier alpha value is -1.90. The van der Waals surface area contributed by atoms with E-state index in [1.807, 2.05) is 36.4 Å². The summed E-state index contributed by atoms with van der Waals surface area (Å²) in [5.74, 6) is -1.04. The molecule has 2 aromatic rings. The smallest absolute Gasteiger partial charge is 0.306 e. The maximum Gasteiger partial charge on any atom is 0.306 e. The number of carboxylic acids is 1. The van der Waals surface area contributed by atoms with Gasteiger partial charge >= 0.3 is 5.97 Å². The van der Waals surface area contributed by atoms with Gasteiger partial charge in [-0.05, 0) is 18.6 Å². The summed E-state index contributed by atoms with van der Waals surface area (Å²) in [6.07, 6.45) is 3.21. The number of unbranched alkanes of at least 4 members (excludes halogenated alkanes) is 1. The molecule has 0 saturated heterocycles. The molecular formula is C16H19NO2. The van der Waals surface area contributed by atoms with Crippen LogP contribution in [0.4, 0.5) is 0 Å². The zero-order valence-electron chi connectivity index (χ0n) is 11.2. The quantitative estimate of drug-likeness (QED) is 0.859. The first-order valence-corrected chi connectivity index (χ1v) is 6.78. The van der Waals surface area contributed by atoms with E-state index >= 15 is 0 Å². The van der Waals surface area contributed by atoms with E-state index in [1.165, 1.54) is 0 Å². The van der Waals surface area contributed by atoms with Gasteiger partial charge in [-0.3, -0.25) is 9.78 Å². The number of rotatable bonds is 6. The Morgan fingerprint density at radius 1 is 1.26 bits per heavy atom. The summed E-state index contributed by atoms with van der Waals surface area (Å²) >= 11 is 0. The number of benzene rings is 1. The number of para-hydroxylation sites is 1. The standard InChI is InChI=1S/C16H19NO2/c1-2-3-6-13(16(18)19)11-14-10-9-12-7-4-5-8-15(12)17-14/h4-5,7-10,13H,2-3,6,11H2,1H3,(H,18,19). The van der Waals surface area contributed by atoms with Gasteiger partial charge in [-0.2, -0.15) is 0 Å². The molecule has 3 nitrogen and oxygen atoms in total. The molecular weight excluding hydrogens is 238 g/mol. The molecule has 0 radical (unpaired) electrons. The summed E-state index contributed by atoms with van der Waals surface area (Å²) in [6.45, 7) is 2.08. The SMILES string of the molecule is CCCCC(Cc1ccc2ccccc2n1)C(=O)O. The minimum Gasteiger partial charge on any atom is -0.481 e. The third-order valence-electron chi connectivity index (χ3n) is 3.37. The molecule has 1 atom stereocenters. The molecule has 0 aliphatic heterocycles. The summed E-state index contributed by atoms with van der Waals surface area (Å²) in [7, 11) is 0. The van der Waals surface area contributed by atoms with Crippen molar-refractivity contribution in [2.45, 2.75) is 32.6 Å². The number of hydrogen-bond acceptors (Lipinski definition) is 2. The zero-order valence-corrected chi connectivity index (χ0v) is 11.2. The van der Waals surface area contributed by atoms with Gasteiger partial charge in [0, 0.05) is 17.5 Å². The zero-order chi connectivity index (χ0) is 13.7. The maximum absolute atomic E-state index is 11.2. The second-order valence-corrected chi connectivity index (χ2v) is 4.88. The molecule has 3 heteroatoms. The third kappa shape index (κ3) is 3.53. The van der Waals surface area contributed by atoms with Gasteiger partial charge in [0.25, 0.3) is 0 Å². The van der Waals surface area contributed by atoms with Crippen molar-refractivity contribution in [3.8, 4) is 0 Å². The monoisotopic (exact) mass is 257 g/mol. The molecule has 0 fully saturated rings. The average molecular weight is 257 g/mol. The molecule has 0 saturated carbocycles. The van der Waals surface area contributed by atoms with Crippen LogP contribution in [0.1, 0.15) is 31.9 Å². The molecule has 0 aliphatic rings. The molecule has 0 bridgehead atoms. The van der Waals surface area contributed by atoms with Gasteiger partial charge in [0.2, 0.25) is 0 Å². The molecule has 100 valence electrons. The average Bonchev–Trinajstić information content (AvgIpc) is 2.43. The lowest BCUT2D eigenvalue weighted by molar-refractivity contribution is -0.142. The second-order valence-electron chi connectivity index (χ2n) is 4.88. The van der Waals surface area contributed by atoms with Gasteiger partial charge in [0.05, 0.1) is 11.4 Å². The Bertz CT molecular complexity index is 565. The number of fused-ring (bicyclic) bond motifs is 1. The van der Waals surface area contributed by atoms with Crippen LogP contribution in [0.25, 0.3) is 10.9 Å². The molecule has 1 aromatic heterocycles. The van der Waals surface area contributed by atoms with E-state index < -0.39 is 5.97 Å². The molecule has 1 heterocycles. The van der Waals surface area contributed by atoms with Gasteiger partial charge in [0.1, 0.15) is 0 Å². The number of hydrogen-bond donors (Lipinski definition) is 1. The van der Waals surface area contributed by atoms with Crippen LogP contribution < -0.4 is 0 Å². The van der Waals surface area contributed by atoms with E-state index in [1.54, 1.807) is 0 Å². The van der Waals surface area contributed by atoms with E-state index in [-0.39, 0.29) is 5.92 Å². The van der Waals surface area contributed by atoms with Crippen molar-refractivity contribution in [2.24, 2.45) is 5.92 Å². The number of aromatic nitrogens is 1. The highest BCUT2D eigenvalue weighted by molar-refractivity contribution is 5.78. The Kier molecular flexibility index (Phi) is 4.50. The molecule has 1 aromatic carbocycles. The normalized spacial score (nSPS) is 12.5. The fraction of sp³-hybridized carbons (Fsp3) is 0.375. The van der Waals surface area contributed by atoms with Gasteiger partial charge < -0.3 is 5.11 Å². The van der Waals surface area contributed by atoms with Crippen LogP contribution in [0.3, 0.4) is 0 Å². The number of carbonyl (C=O) groups is 1. The molecule has 0 aliphatic carbocycles. The largest absolute Gasteiger partial charge is 0.481 e. The summed E-state index contributed by atoms with van der Waals surface area (Å²) < 4.78 is 0. The highest BCUT2D eigenvalue weighted by Gasteiger charge is 2.18. The van der Waals surface area contributed by atoms with Crippen molar-refractivity contribution in [1.82, 2.24) is 4.98 Å². The van der Waals surface area contributed by atoms with Crippen LogP contribution in [-0.2, 0) is 11.2 Å². The number of pyridine rings is 1. The topological polar surface area (TPSA) is 50.2 Å². The van der Waals surface area contributed by atoms with Crippen molar-refractivity contribution < 1.29 is 9.90 Å². The molecule has 2 rings (SSSR count). The predicted molar refractivity (Wildman–Crippen MR) is 76.1 cm³/mol. The van der Waals surface area contributed by atoms with Gasteiger partial charge in [0.15, 0.2) is 0 Å². The predicted octanol–water partition coefficient (Wildman–Crippen LogP) is 3.67. The van der Waals surface area contributed by atoms with Crippen molar-refractivity contribution in [1.29, 1.82) is 0 Å². The van der Waals surface area contributed by atoms with E-state index in [2.05, 4.69) is 11.9 Å². The summed E-state index contributed by atoms with van der Waals surface area (Å²) in [4.78, 5) is 15.8.